The van der Waals surface area contributed by atoms with Gasteiger partial charge in [0.25, 0.3) is 0 Å². The largest absolute Gasteiger partial charge is 0.493 e. The number of alkyl carbamates (subject to hydrolysis) is 1. The number of hydrogen-bond donors (Lipinski definition) is 2. The molecule has 2 saturated carbocycles. The molecule has 45 heavy (non-hydrogen) atoms. The first-order chi connectivity index (χ1) is 20.9. The van der Waals surface area contributed by atoms with Crippen LogP contribution in [-0.2, 0) is 35.7 Å². The van der Waals surface area contributed by atoms with E-state index in [2.05, 4.69) is 10.2 Å². The second kappa shape index (κ2) is 11.9. The lowest BCUT2D eigenvalue weighted by atomic mass is 9.49. The van der Waals surface area contributed by atoms with Crippen LogP contribution in [0.15, 0.2) is 12.1 Å². The number of ether oxygens (including phenoxy) is 4. The van der Waals surface area contributed by atoms with Gasteiger partial charge in [-0.25, -0.2) is 9.59 Å². The molecule has 0 spiro atoms. The Morgan fingerprint density at radius 1 is 1.07 bits per heavy atom. The molecule has 5 rings (SSSR count). The Hall–Kier alpha value is -3.18. The fourth-order valence-electron chi connectivity index (χ4n) is 7.45. The van der Waals surface area contributed by atoms with Crippen LogP contribution in [0.25, 0.3) is 0 Å². The second-order valence-corrected chi connectivity index (χ2v) is 15.2. The van der Waals surface area contributed by atoms with Crippen molar-refractivity contribution in [1.29, 1.82) is 0 Å². The lowest BCUT2D eigenvalue weighted by Crippen LogP contribution is -2.73. The van der Waals surface area contributed by atoms with Gasteiger partial charge < -0.3 is 29.4 Å². The number of piperidine rings is 1. The van der Waals surface area contributed by atoms with Gasteiger partial charge >= 0.3 is 18.0 Å². The molecule has 11 heteroatoms. The molecule has 1 heterocycles. The van der Waals surface area contributed by atoms with Gasteiger partial charge in [-0.05, 0) is 97.7 Å². The van der Waals surface area contributed by atoms with Crippen LogP contribution in [0.2, 0.25) is 0 Å². The second-order valence-electron chi connectivity index (χ2n) is 15.2. The van der Waals surface area contributed by atoms with Gasteiger partial charge in [-0.2, -0.15) is 0 Å². The van der Waals surface area contributed by atoms with E-state index < -0.39 is 52.7 Å². The number of benzene rings is 1. The molecule has 4 atom stereocenters. The maximum atomic E-state index is 13.4. The summed E-state index contributed by atoms with van der Waals surface area (Å²) in [6, 6.07) is 2.07. The van der Waals surface area contributed by atoms with E-state index in [1.54, 1.807) is 47.6 Å². The molecule has 3 aliphatic carbocycles. The van der Waals surface area contributed by atoms with Crippen molar-refractivity contribution >= 4 is 23.8 Å². The number of nitrogens with one attached hydrogen (secondary N) is 1. The van der Waals surface area contributed by atoms with Crippen molar-refractivity contribution < 1.29 is 43.2 Å². The van der Waals surface area contributed by atoms with Crippen LogP contribution in [0.5, 0.6) is 11.5 Å². The highest BCUT2D eigenvalue weighted by molar-refractivity contribution is 5.87. The highest BCUT2D eigenvalue weighted by Crippen LogP contribution is 2.61. The molecule has 0 aromatic heterocycles. The molecule has 4 aliphatic rings. The average Bonchev–Trinajstić information content (AvgIpc) is 3.72. The van der Waals surface area contributed by atoms with Gasteiger partial charge in [0, 0.05) is 36.4 Å². The summed E-state index contributed by atoms with van der Waals surface area (Å²) >= 11 is 0. The number of rotatable bonds is 8. The Labute approximate surface area is 265 Å². The Bertz CT molecular complexity index is 1360. The Morgan fingerprint density at radius 3 is 2.38 bits per heavy atom. The number of hydrogen-bond acceptors (Lipinski definition) is 10. The van der Waals surface area contributed by atoms with Crippen LogP contribution in [-0.4, -0.2) is 82.9 Å². The van der Waals surface area contributed by atoms with Crippen LogP contribution in [0.1, 0.15) is 97.6 Å². The highest BCUT2D eigenvalue weighted by Gasteiger charge is 2.66. The standard InChI is InChI=1S/C34H48N2O9/c1-31(2,3)44-29(39)23(35-30(40)45-32(4,5)6)17-26(38)43-24-11-10-21-16-25-34(41)13-12-22(37)18-33(34,27(21)28(24)42-7)14-15-36(25)19-20-8-9-20/h10-11,20,23,25,41H,8-9,12-19H2,1-7H3,(H,35,40)/t23?,25-,33-,34-/m1/s1. The monoisotopic (exact) mass is 628 g/mol. The number of ketones is 1. The van der Waals surface area contributed by atoms with Crippen molar-refractivity contribution in [2.24, 2.45) is 5.92 Å². The van der Waals surface area contributed by atoms with Crippen molar-refractivity contribution in [3.05, 3.63) is 23.3 Å². The fourth-order valence-corrected chi connectivity index (χ4v) is 7.45. The summed E-state index contributed by atoms with van der Waals surface area (Å²) in [7, 11) is 1.48. The summed E-state index contributed by atoms with van der Waals surface area (Å²) in [5.41, 5.74) is -1.99. The quantitative estimate of drug-likeness (QED) is 0.321. The number of nitrogens with zero attached hydrogens (tertiary/aromatic N) is 1. The minimum atomic E-state index is -1.37. The number of likely N-dealkylation sites (tertiary alicyclic amines) is 1. The summed E-state index contributed by atoms with van der Waals surface area (Å²) in [6.45, 7) is 11.8. The lowest BCUT2D eigenvalue weighted by Gasteiger charge is -2.63. The SMILES string of the molecule is COc1c(OC(=O)CC(NC(=O)OC(C)(C)C)C(=O)OC(C)(C)C)ccc2c1[C@]13CCN(CC4CC4)[C@H](C2)[C@]1(O)CCC(=O)C3. The predicted molar refractivity (Wildman–Crippen MR) is 164 cm³/mol. The Balaban J connectivity index is 1.44. The van der Waals surface area contributed by atoms with Gasteiger partial charge in [-0.3, -0.25) is 14.5 Å². The molecule has 0 radical (unpaired) electrons. The number of aliphatic hydroxyl groups is 1. The smallest absolute Gasteiger partial charge is 0.408 e. The normalized spacial score (nSPS) is 27.0. The molecule has 11 nitrogen and oxygen atoms in total. The first-order valence-corrected chi connectivity index (χ1v) is 16.1. The number of methoxy groups -OCH3 is 1. The third kappa shape index (κ3) is 6.84. The molecular weight excluding hydrogens is 580 g/mol. The number of carbonyl (C=O) groups is 4. The molecule has 1 aromatic rings. The van der Waals surface area contributed by atoms with Gasteiger partial charge in [0.05, 0.1) is 19.1 Å². The van der Waals surface area contributed by atoms with E-state index in [1.807, 2.05) is 6.07 Å². The third-order valence-electron chi connectivity index (χ3n) is 9.40. The van der Waals surface area contributed by atoms with Crippen molar-refractivity contribution in [3.8, 4) is 11.5 Å². The number of carbonyl (C=O) groups excluding carboxylic acids is 4. The van der Waals surface area contributed by atoms with E-state index in [-0.39, 0.29) is 24.0 Å². The zero-order valence-corrected chi connectivity index (χ0v) is 27.6. The van der Waals surface area contributed by atoms with Gasteiger partial charge in [-0.15, -0.1) is 0 Å². The first-order valence-electron chi connectivity index (χ1n) is 16.1. The molecule has 1 amide bonds. The lowest BCUT2D eigenvalue weighted by molar-refractivity contribution is -0.173. The van der Waals surface area contributed by atoms with Gasteiger partial charge in [0.2, 0.25) is 0 Å². The molecule has 3 fully saturated rings. The van der Waals surface area contributed by atoms with Crippen molar-refractivity contribution in [2.75, 3.05) is 20.2 Å². The summed E-state index contributed by atoms with van der Waals surface area (Å²) in [5.74, 6) is -0.429. The van der Waals surface area contributed by atoms with E-state index in [1.165, 1.54) is 20.0 Å². The van der Waals surface area contributed by atoms with Crippen LogP contribution in [0, 0.1) is 5.92 Å². The van der Waals surface area contributed by atoms with Crippen LogP contribution >= 0.6 is 0 Å². The van der Waals surface area contributed by atoms with E-state index in [4.69, 9.17) is 18.9 Å². The predicted octanol–water partition coefficient (Wildman–Crippen LogP) is 3.99. The van der Waals surface area contributed by atoms with E-state index in [0.29, 0.717) is 37.4 Å². The summed E-state index contributed by atoms with van der Waals surface area (Å²) in [4.78, 5) is 54.4. The molecule has 1 unspecified atom stereocenters. The summed E-state index contributed by atoms with van der Waals surface area (Å²) < 4.78 is 22.5. The number of Topliss-reactive ketones (excluding diaryl/α,β-unsaturated/α-hetero) is 1. The minimum Gasteiger partial charge on any atom is -0.493 e. The fraction of sp³-hybridized carbons (Fsp3) is 0.706. The van der Waals surface area contributed by atoms with Crippen LogP contribution in [0.3, 0.4) is 0 Å². The van der Waals surface area contributed by atoms with Crippen molar-refractivity contribution in [3.63, 3.8) is 0 Å². The molecule has 248 valence electrons. The maximum absolute atomic E-state index is 13.4. The Morgan fingerprint density at radius 2 is 1.76 bits per heavy atom. The third-order valence-corrected chi connectivity index (χ3v) is 9.40. The van der Waals surface area contributed by atoms with E-state index >= 15 is 0 Å². The number of fused-ring (bicyclic) bond motifs is 1. The summed E-state index contributed by atoms with van der Waals surface area (Å²) in [6.07, 6.45) is 3.10. The first kappa shape index (κ1) is 33.2. The topological polar surface area (TPSA) is 141 Å². The zero-order chi connectivity index (χ0) is 32.9. The van der Waals surface area contributed by atoms with Gasteiger partial charge in [0.15, 0.2) is 11.5 Å². The summed E-state index contributed by atoms with van der Waals surface area (Å²) in [5, 5.41) is 14.9. The molecule has 1 saturated heterocycles. The van der Waals surface area contributed by atoms with E-state index in [0.717, 1.165) is 24.2 Å². The van der Waals surface area contributed by atoms with Gasteiger partial charge in [0.1, 0.15) is 23.0 Å². The molecule has 1 aliphatic heterocycles. The van der Waals surface area contributed by atoms with Crippen molar-refractivity contribution in [1.82, 2.24) is 10.2 Å². The Kier molecular flexibility index (Phi) is 8.76. The zero-order valence-electron chi connectivity index (χ0n) is 27.6. The molecule has 1 aromatic carbocycles. The van der Waals surface area contributed by atoms with Crippen LogP contribution < -0.4 is 14.8 Å². The number of esters is 2. The number of amides is 1. The van der Waals surface area contributed by atoms with Crippen molar-refractivity contribution in [2.45, 2.75) is 127 Å². The van der Waals surface area contributed by atoms with E-state index in [9.17, 15) is 24.3 Å². The molecule has 2 bridgehead atoms. The molecular formula is C34H48N2O9. The molecule has 2 N–H and O–H groups in total. The minimum absolute atomic E-state index is 0.0970. The maximum Gasteiger partial charge on any atom is 0.408 e. The average molecular weight is 629 g/mol. The van der Waals surface area contributed by atoms with Crippen LogP contribution in [0.4, 0.5) is 4.79 Å². The highest BCUT2D eigenvalue weighted by atomic mass is 16.6. The van der Waals surface area contributed by atoms with Gasteiger partial charge in [-0.1, -0.05) is 6.07 Å².